The van der Waals surface area contributed by atoms with Crippen LogP contribution in [0.3, 0.4) is 0 Å². The summed E-state index contributed by atoms with van der Waals surface area (Å²) in [5.41, 5.74) is 1.93. The number of nitrogens with zero attached hydrogens (tertiary/aromatic N) is 3. The number of benzene rings is 1. The molecule has 6 nitrogen and oxygen atoms in total. The Balaban J connectivity index is 1.91. The van der Waals surface area contributed by atoms with Crippen molar-refractivity contribution in [2.75, 3.05) is 10.8 Å². The van der Waals surface area contributed by atoms with Gasteiger partial charge in [-0.05, 0) is 19.1 Å². The molecular formula is C16H14ClN3O3S. The van der Waals surface area contributed by atoms with Crippen LogP contribution in [0.4, 0.5) is 5.13 Å². The fourth-order valence-electron chi connectivity index (χ4n) is 2.18. The van der Waals surface area contributed by atoms with Gasteiger partial charge in [0.05, 0.1) is 17.9 Å². The van der Waals surface area contributed by atoms with Crippen LogP contribution in [0, 0.1) is 6.92 Å². The van der Waals surface area contributed by atoms with E-state index >= 15 is 0 Å². The average molecular weight is 364 g/mol. The van der Waals surface area contributed by atoms with Crippen molar-refractivity contribution in [2.45, 2.75) is 13.5 Å². The summed E-state index contributed by atoms with van der Waals surface area (Å²) in [7, 11) is 0. The number of phenols is 1. The van der Waals surface area contributed by atoms with Crippen molar-refractivity contribution in [2.24, 2.45) is 0 Å². The number of hydrogen-bond donors (Lipinski definition) is 1. The molecular weight excluding hydrogens is 350 g/mol. The Morgan fingerprint density at radius 1 is 1.42 bits per heavy atom. The van der Waals surface area contributed by atoms with Gasteiger partial charge in [-0.25, -0.2) is 4.98 Å². The number of thiazole rings is 1. The molecule has 3 rings (SSSR count). The van der Waals surface area contributed by atoms with Crippen LogP contribution in [0.15, 0.2) is 40.2 Å². The van der Waals surface area contributed by atoms with Gasteiger partial charge >= 0.3 is 0 Å². The van der Waals surface area contributed by atoms with Crippen LogP contribution in [0.1, 0.15) is 11.5 Å². The molecule has 1 aromatic carbocycles. The average Bonchev–Trinajstić information content (AvgIpc) is 3.21. The second-order valence-electron chi connectivity index (χ2n) is 5.08. The molecule has 0 aliphatic heterocycles. The third kappa shape index (κ3) is 3.42. The predicted octanol–water partition coefficient (Wildman–Crippen LogP) is 3.58. The number of aromatic hydroxyl groups is 1. The van der Waals surface area contributed by atoms with Crippen LogP contribution in [-0.4, -0.2) is 27.0 Å². The minimum absolute atomic E-state index is 0.135. The monoisotopic (exact) mass is 363 g/mol. The number of carbonyl (C=O) groups excluding carboxylic acids is 1. The van der Waals surface area contributed by atoms with E-state index in [4.69, 9.17) is 16.1 Å². The van der Waals surface area contributed by atoms with Crippen molar-refractivity contribution in [3.8, 4) is 17.0 Å². The number of alkyl halides is 1. The van der Waals surface area contributed by atoms with E-state index in [9.17, 15) is 9.90 Å². The Bertz CT molecular complexity index is 862. The molecule has 2 heterocycles. The summed E-state index contributed by atoms with van der Waals surface area (Å²) in [6.07, 6.45) is 0. The first-order valence-corrected chi connectivity index (χ1v) is 8.52. The van der Waals surface area contributed by atoms with Gasteiger partial charge in [0.1, 0.15) is 11.6 Å². The molecule has 0 atom stereocenters. The highest BCUT2D eigenvalue weighted by Gasteiger charge is 2.21. The van der Waals surface area contributed by atoms with Crippen molar-refractivity contribution >= 4 is 34.0 Å². The fraction of sp³-hybridized carbons (Fsp3) is 0.188. The van der Waals surface area contributed by atoms with Crippen molar-refractivity contribution in [1.82, 2.24) is 10.1 Å². The second-order valence-corrected chi connectivity index (χ2v) is 6.18. The number of aromatic nitrogens is 2. The quantitative estimate of drug-likeness (QED) is 0.701. The van der Waals surface area contributed by atoms with Gasteiger partial charge in [0.2, 0.25) is 5.91 Å². The second kappa shape index (κ2) is 7.02. The Morgan fingerprint density at radius 3 is 2.88 bits per heavy atom. The summed E-state index contributed by atoms with van der Waals surface area (Å²) >= 11 is 7.01. The normalized spacial score (nSPS) is 10.8. The predicted molar refractivity (Wildman–Crippen MR) is 92.4 cm³/mol. The van der Waals surface area contributed by atoms with Crippen molar-refractivity contribution in [3.05, 3.63) is 47.2 Å². The van der Waals surface area contributed by atoms with E-state index < -0.39 is 0 Å². The van der Waals surface area contributed by atoms with Gasteiger partial charge in [0, 0.05) is 17.0 Å². The molecule has 0 saturated heterocycles. The van der Waals surface area contributed by atoms with E-state index in [0.717, 1.165) is 5.69 Å². The molecule has 0 fully saturated rings. The summed E-state index contributed by atoms with van der Waals surface area (Å²) in [6, 6.07) is 8.66. The molecule has 1 N–H and O–H groups in total. The Labute approximate surface area is 147 Å². The van der Waals surface area contributed by atoms with E-state index in [0.29, 0.717) is 22.1 Å². The molecule has 3 aromatic rings. The molecule has 8 heteroatoms. The van der Waals surface area contributed by atoms with Gasteiger partial charge in [0.15, 0.2) is 10.9 Å². The van der Waals surface area contributed by atoms with Crippen LogP contribution in [0.5, 0.6) is 5.75 Å². The molecule has 0 radical (unpaired) electrons. The third-order valence-corrected chi connectivity index (χ3v) is 4.40. The molecule has 24 heavy (non-hydrogen) atoms. The number of halogens is 1. The van der Waals surface area contributed by atoms with E-state index in [2.05, 4.69) is 10.1 Å². The maximum atomic E-state index is 12.2. The zero-order valence-corrected chi connectivity index (χ0v) is 14.3. The van der Waals surface area contributed by atoms with Crippen LogP contribution in [0.2, 0.25) is 0 Å². The number of para-hydroxylation sites is 1. The summed E-state index contributed by atoms with van der Waals surface area (Å²) < 4.78 is 5.17. The molecule has 2 aromatic heterocycles. The lowest BCUT2D eigenvalue weighted by atomic mass is 10.1. The van der Waals surface area contributed by atoms with E-state index in [-0.39, 0.29) is 24.1 Å². The number of aryl methyl sites for hydroxylation is 1. The minimum atomic E-state index is -0.288. The van der Waals surface area contributed by atoms with Gasteiger partial charge in [-0.2, -0.15) is 0 Å². The Morgan fingerprint density at radius 2 is 2.21 bits per heavy atom. The fourth-order valence-corrected chi connectivity index (χ4v) is 3.17. The van der Waals surface area contributed by atoms with Gasteiger partial charge in [-0.3, -0.25) is 9.69 Å². The van der Waals surface area contributed by atoms with Crippen LogP contribution in [-0.2, 0) is 11.3 Å². The third-order valence-electron chi connectivity index (χ3n) is 3.31. The zero-order chi connectivity index (χ0) is 17.1. The van der Waals surface area contributed by atoms with Crippen molar-refractivity contribution in [3.63, 3.8) is 0 Å². The van der Waals surface area contributed by atoms with Gasteiger partial charge in [-0.15, -0.1) is 22.9 Å². The lowest BCUT2D eigenvalue weighted by Gasteiger charge is -2.16. The van der Waals surface area contributed by atoms with E-state index in [1.54, 1.807) is 36.6 Å². The first kappa shape index (κ1) is 16.5. The van der Waals surface area contributed by atoms with Crippen LogP contribution >= 0.6 is 22.9 Å². The maximum Gasteiger partial charge on any atom is 0.244 e. The summed E-state index contributed by atoms with van der Waals surface area (Å²) in [5, 5.41) is 16.0. The minimum Gasteiger partial charge on any atom is -0.507 e. The SMILES string of the molecule is Cc1cc(CN(C(=O)CCl)c2nc(-c3ccccc3O)cs2)on1. The Kier molecular flexibility index (Phi) is 4.82. The number of phenolic OH excluding ortho intramolecular Hbond substituents is 1. The largest absolute Gasteiger partial charge is 0.507 e. The van der Waals surface area contributed by atoms with Crippen LogP contribution < -0.4 is 4.90 Å². The number of anilines is 1. The summed E-state index contributed by atoms with van der Waals surface area (Å²) in [5.74, 6) is 0.225. The van der Waals surface area contributed by atoms with Gasteiger partial charge in [-0.1, -0.05) is 17.3 Å². The first-order valence-electron chi connectivity index (χ1n) is 7.11. The maximum absolute atomic E-state index is 12.2. The molecule has 124 valence electrons. The number of carbonyl (C=O) groups is 1. The van der Waals surface area contributed by atoms with Crippen molar-refractivity contribution in [1.29, 1.82) is 0 Å². The highest BCUT2D eigenvalue weighted by molar-refractivity contribution is 7.14. The molecule has 0 bridgehead atoms. The number of hydrogen-bond acceptors (Lipinski definition) is 6. The topological polar surface area (TPSA) is 79.5 Å². The highest BCUT2D eigenvalue weighted by Crippen LogP contribution is 2.33. The molecule has 0 aliphatic carbocycles. The lowest BCUT2D eigenvalue weighted by Crippen LogP contribution is -2.31. The molecule has 0 unspecified atom stereocenters. The first-order chi connectivity index (χ1) is 11.6. The van der Waals surface area contributed by atoms with Crippen molar-refractivity contribution < 1.29 is 14.4 Å². The molecule has 0 aliphatic rings. The standard InChI is InChI=1S/C16H14ClN3O3S/c1-10-6-11(23-19-10)8-20(15(22)7-17)16-18-13(9-24-16)12-4-2-3-5-14(12)21/h2-6,9,21H,7-8H2,1H3. The molecule has 1 amide bonds. The zero-order valence-electron chi connectivity index (χ0n) is 12.8. The smallest absolute Gasteiger partial charge is 0.244 e. The van der Waals surface area contributed by atoms with Gasteiger partial charge < -0.3 is 9.63 Å². The number of amides is 1. The highest BCUT2D eigenvalue weighted by atomic mass is 35.5. The molecule has 0 saturated carbocycles. The van der Waals surface area contributed by atoms with E-state index in [1.165, 1.54) is 16.2 Å². The van der Waals surface area contributed by atoms with E-state index in [1.807, 2.05) is 6.07 Å². The molecule has 0 spiro atoms. The summed E-state index contributed by atoms with van der Waals surface area (Å²) in [4.78, 5) is 18.1. The number of rotatable bonds is 5. The van der Waals surface area contributed by atoms with Gasteiger partial charge in [0.25, 0.3) is 0 Å². The summed E-state index contributed by atoms with van der Waals surface area (Å²) in [6.45, 7) is 2.00. The Hall–Kier alpha value is -2.38. The lowest BCUT2D eigenvalue weighted by molar-refractivity contribution is -0.116. The van der Waals surface area contributed by atoms with Crippen LogP contribution in [0.25, 0.3) is 11.3 Å².